The first kappa shape index (κ1) is 12.8. The first-order valence-corrected chi connectivity index (χ1v) is 6.61. The van der Waals surface area contributed by atoms with E-state index in [1.807, 2.05) is 6.92 Å². The fourth-order valence-electron chi connectivity index (χ4n) is 2.59. The molecular formula is C12H23N3O2. The summed E-state index contributed by atoms with van der Waals surface area (Å²) in [5.74, 6) is 0.795. The van der Waals surface area contributed by atoms with Crippen molar-refractivity contribution >= 4 is 5.91 Å². The molecule has 0 bridgehead atoms. The zero-order valence-corrected chi connectivity index (χ0v) is 10.6. The lowest BCUT2D eigenvalue weighted by Crippen LogP contribution is -2.55. The SMILES string of the molecule is CCNC(=O)C1COCCN1CC1CCNC1. The summed E-state index contributed by atoms with van der Waals surface area (Å²) in [6, 6.07) is -0.0932. The zero-order chi connectivity index (χ0) is 12.1. The van der Waals surface area contributed by atoms with Gasteiger partial charge in [0.15, 0.2) is 0 Å². The molecule has 0 aromatic rings. The molecule has 0 aromatic heterocycles. The van der Waals surface area contributed by atoms with Crippen LogP contribution in [0.15, 0.2) is 0 Å². The topological polar surface area (TPSA) is 53.6 Å². The van der Waals surface area contributed by atoms with Gasteiger partial charge in [0.05, 0.1) is 13.2 Å². The van der Waals surface area contributed by atoms with Gasteiger partial charge >= 0.3 is 0 Å². The summed E-state index contributed by atoms with van der Waals surface area (Å²) in [6.07, 6.45) is 1.22. The van der Waals surface area contributed by atoms with Crippen LogP contribution < -0.4 is 10.6 Å². The summed E-state index contributed by atoms with van der Waals surface area (Å²) in [4.78, 5) is 14.2. The van der Waals surface area contributed by atoms with E-state index in [1.54, 1.807) is 0 Å². The van der Waals surface area contributed by atoms with Crippen LogP contribution >= 0.6 is 0 Å². The van der Waals surface area contributed by atoms with Gasteiger partial charge in [0.25, 0.3) is 0 Å². The number of morpholine rings is 1. The Kier molecular flexibility index (Phi) is 4.76. The van der Waals surface area contributed by atoms with E-state index in [0.29, 0.717) is 19.1 Å². The van der Waals surface area contributed by atoms with Crippen molar-refractivity contribution in [2.45, 2.75) is 19.4 Å². The molecule has 0 saturated carbocycles. The molecule has 5 heteroatoms. The Morgan fingerprint density at radius 2 is 2.47 bits per heavy atom. The molecule has 2 rings (SSSR count). The van der Waals surface area contributed by atoms with Gasteiger partial charge in [-0.25, -0.2) is 0 Å². The fourth-order valence-corrected chi connectivity index (χ4v) is 2.59. The highest BCUT2D eigenvalue weighted by Crippen LogP contribution is 2.14. The van der Waals surface area contributed by atoms with Crippen LogP contribution in [0.2, 0.25) is 0 Å². The third-order valence-electron chi connectivity index (χ3n) is 3.55. The Balaban J connectivity index is 1.89. The van der Waals surface area contributed by atoms with Crippen LogP contribution in [0.1, 0.15) is 13.3 Å². The van der Waals surface area contributed by atoms with E-state index >= 15 is 0 Å². The van der Waals surface area contributed by atoms with Gasteiger partial charge < -0.3 is 15.4 Å². The quantitative estimate of drug-likeness (QED) is 0.692. The van der Waals surface area contributed by atoms with E-state index in [-0.39, 0.29) is 11.9 Å². The van der Waals surface area contributed by atoms with E-state index in [4.69, 9.17) is 4.74 Å². The minimum Gasteiger partial charge on any atom is -0.378 e. The number of amides is 1. The third kappa shape index (κ3) is 3.40. The van der Waals surface area contributed by atoms with Crippen LogP contribution in [0.25, 0.3) is 0 Å². The van der Waals surface area contributed by atoms with Crippen molar-refractivity contribution in [1.29, 1.82) is 0 Å². The van der Waals surface area contributed by atoms with E-state index < -0.39 is 0 Å². The van der Waals surface area contributed by atoms with Crippen molar-refractivity contribution in [3.05, 3.63) is 0 Å². The fraction of sp³-hybridized carbons (Fsp3) is 0.917. The average Bonchev–Trinajstić information content (AvgIpc) is 2.83. The van der Waals surface area contributed by atoms with Gasteiger partial charge in [0.2, 0.25) is 5.91 Å². The number of hydrogen-bond acceptors (Lipinski definition) is 4. The second kappa shape index (κ2) is 6.33. The third-order valence-corrected chi connectivity index (χ3v) is 3.55. The van der Waals surface area contributed by atoms with E-state index in [9.17, 15) is 4.79 Å². The van der Waals surface area contributed by atoms with Crippen LogP contribution in [0.3, 0.4) is 0 Å². The predicted octanol–water partition coefficient (Wildman–Crippen LogP) is -0.567. The van der Waals surface area contributed by atoms with Crippen LogP contribution in [0, 0.1) is 5.92 Å². The standard InChI is InChI=1S/C12H23N3O2/c1-2-14-12(16)11-9-17-6-5-15(11)8-10-3-4-13-7-10/h10-11,13H,2-9H2,1H3,(H,14,16). The summed E-state index contributed by atoms with van der Waals surface area (Å²) in [5, 5.41) is 6.27. The maximum atomic E-state index is 11.9. The molecule has 0 spiro atoms. The lowest BCUT2D eigenvalue weighted by molar-refractivity contribution is -0.132. The maximum absolute atomic E-state index is 11.9. The molecule has 2 aliphatic heterocycles. The monoisotopic (exact) mass is 241 g/mol. The number of carbonyl (C=O) groups excluding carboxylic acids is 1. The number of nitrogens with one attached hydrogen (secondary N) is 2. The van der Waals surface area contributed by atoms with E-state index in [0.717, 1.165) is 32.8 Å². The van der Waals surface area contributed by atoms with Gasteiger partial charge in [-0.05, 0) is 32.4 Å². The first-order valence-electron chi connectivity index (χ1n) is 6.61. The summed E-state index contributed by atoms with van der Waals surface area (Å²) in [6.45, 7) is 8.00. The summed E-state index contributed by atoms with van der Waals surface area (Å²) >= 11 is 0. The largest absolute Gasteiger partial charge is 0.378 e. The number of likely N-dealkylation sites (N-methyl/N-ethyl adjacent to an activating group) is 1. The van der Waals surface area contributed by atoms with Crippen molar-refractivity contribution in [2.75, 3.05) is 45.9 Å². The number of ether oxygens (including phenoxy) is 1. The van der Waals surface area contributed by atoms with Gasteiger partial charge in [0, 0.05) is 19.6 Å². The van der Waals surface area contributed by atoms with Crippen molar-refractivity contribution in [2.24, 2.45) is 5.92 Å². The Morgan fingerprint density at radius 1 is 1.59 bits per heavy atom. The molecule has 2 heterocycles. The summed E-state index contributed by atoms with van der Waals surface area (Å²) < 4.78 is 5.43. The minimum absolute atomic E-state index is 0.0932. The minimum atomic E-state index is -0.0932. The lowest BCUT2D eigenvalue weighted by Gasteiger charge is -2.35. The highest BCUT2D eigenvalue weighted by atomic mass is 16.5. The Labute approximate surface area is 103 Å². The molecule has 17 heavy (non-hydrogen) atoms. The van der Waals surface area contributed by atoms with Crippen LogP contribution in [0.5, 0.6) is 0 Å². The Hall–Kier alpha value is -0.650. The average molecular weight is 241 g/mol. The highest BCUT2D eigenvalue weighted by molar-refractivity contribution is 5.81. The van der Waals surface area contributed by atoms with E-state index in [1.165, 1.54) is 6.42 Å². The van der Waals surface area contributed by atoms with Gasteiger partial charge in [-0.1, -0.05) is 0 Å². The summed E-state index contributed by atoms with van der Waals surface area (Å²) in [5.41, 5.74) is 0. The molecule has 5 nitrogen and oxygen atoms in total. The second-order valence-corrected chi connectivity index (χ2v) is 4.84. The Bertz CT molecular complexity index is 254. The number of nitrogens with zero attached hydrogens (tertiary/aromatic N) is 1. The van der Waals surface area contributed by atoms with Crippen LogP contribution in [0.4, 0.5) is 0 Å². The molecule has 2 N–H and O–H groups in total. The van der Waals surface area contributed by atoms with Crippen molar-refractivity contribution in [1.82, 2.24) is 15.5 Å². The van der Waals surface area contributed by atoms with Gasteiger partial charge in [-0.2, -0.15) is 0 Å². The molecule has 0 radical (unpaired) electrons. The first-order chi connectivity index (χ1) is 8.31. The molecule has 2 fully saturated rings. The molecule has 2 atom stereocenters. The van der Waals surface area contributed by atoms with Crippen molar-refractivity contribution in [3.8, 4) is 0 Å². The van der Waals surface area contributed by atoms with Gasteiger partial charge in [-0.3, -0.25) is 9.69 Å². The number of hydrogen-bond donors (Lipinski definition) is 2. The predicted molar refractivity (Wildman–Crippen MR) is 65.8 cm³/mol. The number of carbonyl (C=O) groups is 1. The van der Waals surface area contributed by atoms with E-state index in [2.05, 4.69) is 15.5 Å². The van der Waals surface area contributed by atoms with Crippen LogP contribution in [-0.4, -0.2) is 62.8 Å². The molecule has 1 amide bonds. The molecule has 0 aliphatic carbocycles. The van der Waals surface area contributed by atoms with Gasteiger partial charge in [0.1, 0.15) is 6.04 Å². The van der Waals surface area contributed by atoms with Crippen LogP contribution in [-0.2, 0) is 9.53 Å². The molecule has 0 aromatic carbocycles. The second-order valence-electron chi connectivity index (χ2n) is 4.84. The summed E-state index contributed by atoms with van der Waals surface area (Å²) in [7, 11) is 0. The van der Waals surface area contributed by atoms with Crippen molar-refractivity contribution in [3.63, 3.8) is 0 Å². The number of rotatable bonds is 4. The zero-order valence-electron chi connectivity index (χ0n) is 10.6. The molecule has 98 valence electrons. The molecule has 2 saturated heterocycles. The molecule has 2 unspecified atom stereocenters. The normalized spacial score (nSPS) is 30.4. The smallest absolute Gasteiger partial charge is 0.239 e. The van der Waals surface area contributed by atoms with Crippen molar-refractivity contribution < 1.29 is 9.53 Å². The lowest BCUT2D eigenvalue weighted by atomic mass is 10.1. The molecular weight excluding hydrogens is 218 g/mol. The molecule has 2 aliphatic rings. The highest BCUT2D eigenvalue weighted by Gasteiger charge is 2.31. The maximum Gasteiger partial charge on any atom is 0.239 e. The van der Waals surface area contributed by atoms with Gasteiger partial charge in [-0.15, -0.1) is 0 Å². The Morgan fingerprint density at radius 3 is 3.18 bits per heavy atom.